The van der Waals surface area contributed by atoms with Crippen molar-refractivity contribution >= 4 is 17.5 Å². The molecule has 0 spiro atoms. The van der Waals surface area contributed by atoms with Gasteiger partial charge in [-0.3, -0.25) is 0 Å². The van der Waals surface area contributed by atoms with Crippen molar-refractivity contribution in [3.8, 4) is 0 Å². The number of aromatic nitrogens is 2. The Morgan fingerprint density at radius 2 is 1.82 bits per heavy atom. The highest BCUT2D eigenvalue weighted by atomic mass is 19.1. The zero-order chi connectivity index (χ0) is 12.3. The number of carbonyl (C=O) groups is 1. The molecule has 5 nitrogen and oxygen atoms in total. The summed E-state index contributed by atoms with van der Waals surface area (Å²) in [6, 6.07) is 5.49. The Balaban J connectivity index is 2.30. The van der Waals surface area contributed by atoms with E-state index in [0.717, 1.165) is 0 Å². The predicted molar refractivity (Wildman–Crippen MR) is 58.7 cm³/mol. The van der Waals surface area contributed by atoms with Crippen LogP contribution in [0, 0.1) is 5.82 Å². The molecule has 0 aliphatic heterocycles. The molecule has 1 heterocycles. The maximum absolute atomic E-state index is 12.7. The largest absolute Gasteiger partial charge is 0.476 e. The number of hydrogen-bond acceptors (Lipinski definition) is 4. The van der Waals surface area contributed by atoms with Crippen LogP contribution in [0.1, 0.15) is 10.5 Å². The quantitative estimate of drug-likeness (QED) is 0.848. The van der Waals surface area contributed by atoms with Crippen LogP contribution < -0.4 is 5.32 Å². The molecule has 0 unspecified atom stereocenters. The Kier molecular flexibility index (Phi) is 2.95. The fourth-order valence-corrected chi connectivity index (χ4v) is 1.26. The standard InChI is InChI=1S/C11H8FN3O2/c12-7-1-3-8(4-2-7)15-10-9(11(16)17)13-5-6-14-10/h1-6H,(H,14,15)(H,16,17). The zero-order valence-corrected chi connectivity index (χ0v) is 8.59. The molecule has 2 aromatic rings. The molecule has 0 fully saturated rings. The number of aromatic carboxylic acids is 1. The minimum Gasteiger partial charge on any atom is -0.476 e. The molecule has 17 heavy (non-hydrogen) atoms. The molecule has 0 saturated heterocycles. The molecular weight excluding hydrogens is 225 g/mol. The Hall–Kier alpha value is -2.50. The average molecular weight is 233 g/mol. The highest BCUT2D eigenvalue weighted by molar-refractivity contribution is 5.91. The van der Waals surface area contributed by atoms with E-state index in [1.165, 1.54) is 36.7 Å². The number of nitrogens with zero attached hydrogens (tertiary/aromatic N) is 2. The summed E-state index contributed by atoms with van der Waals surface area (Å²) in [7, 11) is 0. The number of benzene rings is 1. The van der Waals surface area contributed by atoms with E-state index in [4.69, 9.17) is 5.11 Å². The Labute approximate surface area is 96.0 Å². The number of rotatable bonds is 3. The van der Waals surface area contributed by atoms with Gasteiger partial charge in [0.1, 0.15) is 5.82 Å². The lowest BCUT2D eigenvalue weighted by Crippen LogP contribution is -2.07. The zero-order valence-electron chi connectivity index (χ0n) is 8.59. The van der Waals surface area contributed by atoms with Gasteiger partial charge in [-0.2, -0.15) is 0 Å². The maximum atomic E-state index is 12.7. The van der Waals surface area contributed by atoms with E-state index < -0.39 is 5.97 Å². The summed E-state index contributed by atoms with van der Waals surface area (Å²) in [5.74, 6) is -1.43. The van der Waals surface area contributed by atoms with Crippen LogP contribution in [0.5, 0.6) is 0 Å². The van der Waals surface area contributed by atoms with Crippen molar-refractivity contribution in [2.75, 3.05) is 5.32 Å². The first-order valence-electron chi connectivity index (χ1n) is 4.74. The lowest BCUT2D eigenvalue weighted by molar-refractivity contribution is 0.0691. The fourth-order valence-electron chi connectivity index (χ4n) is 1.26. The van der Waals surface area contributed by atoms with Gasteiger partial charge < -0.3 is 10.4 Å². The number of halogens is 1. The summed E-state index contributed by atoms with van der Waals surface area (Å²) in [4.78, 5) is 18.4. The lowest BCUT2D eigenvalue weighted by Gasteiger charge is -2.06. The normalized spacial score (nSPS) is 9.94. The number of hydrogen-bond donors (Lipinski definition) is 2. The van der Waals surface area contributed by atoms with Gasteiger partial charge in [-0.1, -0.05) is 0 Å². The van der Waals surface area contributed by atoms with Crippen LogP contribution in [0.3, 0.4) is 0 Å². The van der Waals surface area contributed by atoms with Gasteiger partial charge in [-0.25, -0.2) is 19.2 Å². The summed E-state index contributed by atoms with van der Waals surface area (Å²) in [6.45, 7) is 0. The van der Waals surface area contributed by atoms with Crippen LogP contribution in [0.25, 0.3) is 0 Å². The third-order valence-electron chi connectivity index (χ3n) is 2.01. The van der Waals surface area contributed by atoms with Crippen molar-refractivity contribution < 1.29 is 14.3 Å². The van der Waals surface area contributed by atoms with Gasteiger partial charge >= 0.3 is 5.97 Å². The fraction of sp³-hybridized carbons (Fsp3) is 0. The summed E-state index contributed by atoms with van der Waals surface area (Å²) in [5, 5.41) is 11.6. The molecule has 0 amide bonds. The summed E-state index contributed by atoms with van der Waals surface area (Å²) >= 11 is 0. The third kappa shape index (κ3) is 2.54. The SMILES string of the molecule is O=C(O)c1nccnc1Nc1ccc(F)cc1. The smallest absolute Gasteiger partial charge is 0.358 e. The second-order valence-corrected chi connectivity index (χ2v) is 3.19. The van der Waals surface area contributed by atoms with Crippen LogP contribution in [0.15, 0.2) is 36.7 Å². The minimum atomic E-state index is -1.18. The lowest BCUT2D eigenvalue weighted by atomic mass is 10.3. The molecule has 0 radical (unpaired) electrons. The molecule has 0 atom stereocenters. The molecule has 1 aromatic carbocycles. The van der Waals surface area contributed by atoms with E-state index in [-0.39, 0.29) is 17.3 Å². The Morgan fingerprint density at radius 1 is 1.18 bits per heavy atom. The predicted octanol–water partition coefficient (Wildman–Crippen LogP) is 2.06. The molecule has 0 bridgehead atoms. The van der Waals surface area contributed by atoms with Crippen LogP contribution in [-0.2, 0) is 0 Å². The molecule has 1 aromatic heterocycles. The Bertz CT molecular complexity index is 543. The molecule has 0 aliphatic rings. The van der Waals surface area contributed by atoms with E-state index in [0.29, 0.717) is 5.69 Å². The van der Waals surface area contributed by atoms with Gasteiger partial charge in [0.25, 0.3) is 0 Å². The van der Waals surface area contributed by atoms with E-state index in [1.807, 2.05) is 0 Å². The second kappa shape index (κ2) is 4.56. The first kappa shape index (κ1) is 11.0. The van der Waals surface area contributed by atoms with Gasteiger partial charge in [-0.05, 0) is 24.3 Å². The van der Waals surface area contributed by atoms with Crippen molar-refractivity contribution in [1.82, 2.24) is 9.97 Å². The van der Waals surface area contributed by atoms with Crippen molar-refractivity contribution in [2.45, 2.75) is 0 Å². The first-order chi connectivity index (χ1) is 8.16. The molecule has 0 aliphatic carbocycles. The molecule has 86 valence electrons. The summed E-state index contributed by atoms with van der Waals surface area (Å²) < 4.78 is 12.7. The molecule has 0 saturated carbocycles. The number of nitrogens with one attached hydrogen (secondary N) is 1. The highest BCUT2D eigenvalue weighted by Gasteiger charge is 2.12. The van der Waals surface area contributed by atoms with Crippen LogP contribution >= 0.6 is 0 Å². The monoisotopic (exact) mass is 233 g/mol. The Morgan fingerprint density at radius 3 is 2.47 bits per heavy atom. The van der Waals surface area contributed by atoms with Crippen molar-refractivity contribution in [3.63, 3.8) is 0 Å². The van der Waals surface area contributed by atoms with E-state index in [1.54, 1.807) is 0 Å². The van der Waals surface area contributed by atoms with Crippen molar-refractivity contribution in [1.29, 1.82) is 0 Å². The van der Waals surface area contributed by atoms with E-state index in [2.05, 4.69) is 15.3 Å². The molecule has 2 N–H and O–H groups in total. The second-order valence-electron chi connectivity index (χ2n) is 3.19. The third-order valence-corrected chi connectivity index (χ3v) is 2.01. The maximum Gasteiger partial charge on any atom is 0.358 e. The van der Waals surface area contributed by atoms with Gasteiger partial charge in [0.15, 0.2) is 11.5 Å². The minimum absolute atomic E-state index is 0.117. The number of carboxylic acid groups (broad SMARTS) is 1. The topological polar surface area (TPSA) is 75.1 Å². The molecular formula is C11H8FN3O2. The van der Waals surface area contributed by atoms with Crippen LogP contribution in [0.4, 0.5) is 15.9 Å². The van der Waals surface area contributed by atoms with Gasteiger partial charge in [0, 0.05) is 18.1 Å². The van der Waals surface area contributed by atoms with Gasteiger partial charge in [0.2, 0.25) is 0 Å². The first-order valence-corrected chi connectivity index (χ1v) is 4.74. The van der Waals surface area contributed by atoms with E-state index >= 15 is 0 Å². The number of anilines is 2. The van der Waals surface area contributed by atoms with Crippen molar-refractivity contribution in [3.05, 3.63) is 48.2 Å². The number of carboxylic acids is 1. The summed E-state index contributed by atoms with van der Waals surface area (Å²) in [6.07, 6.45) is 2.66. The van der Waals surface area contributed by atoms with Gasteiger partial charge in [-0.15, -0.1) is 0 Å². The van der Waals surface area contributed by atoms with Gasteiger partial charge in [0.05, 0.1) is 0 Å². The summed E-state index contributed by atoms with van der Waals surface area (Å²) in [5.41, 5.74) is 0.353. The average Bonchev–Trinajstić information content (AvgIpc) is 2.32. The molecule has 2 rings (SSSR count). The highest BCUT2D eigenvalue weighted by Crippen LogP contribution is 2.16. The van der Waals surface area contributed by atoms with E-state index in [9.17, 15) is 9.18 Å². The van der Waals surface area contributed by atoms with Crippen LogP contribution in [0.2, 0.25) is 0 Å². The molecule has 6 heteroatoms. The van der Waals surface area contributed by atoms with Crippen molar-refractivity contribution in [2.24, 2.45) is 0 Å². The van der Waals surface area contributed by atoms with Crippen LogP contribution in [-0.4, -0.2) is 21.0 Å².